The van der Waals surface area contributed by atoms with E-state index >= 15 is 0 Å². The van der Waals surface area contributed by atoms with Crippen molar-refractivity contribution in [3.05, 3.63) is 101 Å². The van der Waals surface area contributed by atoms with Crippen molar-refractivity contribution < 1.29 is 4.74 Å². The maximum Gasteiger partial charge on any atom is 0.118 e. The molecule has 1 unspecified atom stereocenters. The first-order valence-electron chi connectivity index (χ1n) is 7.74. The first-order chi connectivity index (χ1) is 11.8. The Bertz CT molecular complexity index is 796. The summed E-state index contributed by atoms with van der Waals surface area (Å²) in [5, 5.41) is 0.727. The molecule has 3 rings (SSSR count). The van der Waals surface area contributed by atoms with E-state index in [9.17, 15) is 0 Å². The normalized spacial score (nSPS) is 12.2. The van der Waals surface area contributed by atoms with Crippen LogP contribution in [0.4, 0.5) is 0 Å². The Balaban J connectivity index is 1.92. The number of benzene rings is 3. The van der Waals surface area contributed by atoms with Gasteiger partial charge in [-0.2, -0.15) is 0 Å². The van der Waals surface area contributed by atoms with E-state index in [0.29, 0.717) is 0 Å². The second kappa shape index (κ2) is 7.80. The van der Waals surface area contributed by atoms with Crippen molar-refractivity contribution >= 4 is 17.8 Å². The van der Waals surface area contributed by atoms with Gasteiger partial charge in [0.1, 0.15) is 5.75 Å². The third-order valence-corrected chi connectivity index (χ3v) is 4.04. The van der Waals surface area contributed by atoms with Crippen LogP contribution in [0, 0.1) is 0 Å². The Kier molecular flexibility index (Phi) is 5.29. The van der Waals surface area contributed by atoms with Crippen LogP contribution in [0.15, 0.2) is 83.9 Å². The molecule has 0 fully saturated rings. The van der Waals surface area contributed by atoms with Gasteiger partial charge in [0.25, 0.3) is 0 Å². The van der Waals surface area contributed by atoms with Crippen molar-refractivity contribution in [3.63, 3.8) is 0 Å². The molecule has 0 N–H and O–H groups in total. The first-order valence-corrected chi connectivity index (χ1v) is 8.12. The number of methoxy groups -OCH3 is 1. The molecule has 0 spiro atoms. The van der Waals surface area contributed by atoms with Gasteiger partial charge < -0.3 is 4.74 Å². The summed E-state index contributed by atoms with van der Waals surface area (Å²) in [4.78, 5) is 4.81. The highest BCUT2D eigenvalue weighted by atomic mass is 35.5. The van der Waals surface area contributed by atoms with Gasteiger partial charge in [0.15, 0.2) is 0 Å². The van der Waals surface area contributed by atoms with Gasteiger partial charge in [0.2, 0.25) is 0 Å². The lowest BCUT2D eigenvalue weighted by atomic mass is 9.99. The summed E-state index contributed by atoms with van der Waals surface area (Å²) in [6.45, 7) is 0. The molecule has 0 bridgehead atoms. The second-order valence-electron chi connectivity index (χ2n) is 5.42. The van der Waals surface area contributed by atoms with Gasteiger partial charge in [-0.05, 0) is 53.1 Å². The minimum Gasteiger partial charge on any atom is -0.497 e. The van der Waals surface area contributed by atoms with E-state index in [2.05, 4.69) is 12.1 Å². The molecular formula is C21H18ClNO. The summed E-state index contributed by atoms with van der Waals surface area (Å²) >= 11 is 6.01. The minimum atomic E-state index is -0.0643. The lowest BCUT2D eigenvalue weighted by Gasteiger charge is -2.13. The number of nitrogens with zero attached hydrogens (tertiary/aromatic N) is 1. The van der Waals surface area contributed by atoms with Crippen LogP contribution in [0.2, 0.25) is 5.02 Å². The molecule has 120 valence electrons. The highest BCUT2D eigenvalue weighted by Crippen LogP contribution is 2.27. The molecule has 0 amide bonds. The Morgan fingerprint density at radius 2 is 1.46 bits per heavy atom. The van der Waals surface area contributed by atoms with Crippen LogP contribution in [-0.2, 0) is 0 Å². The zero-order valence-electron chi connectivity index (χ0n) is 13.4. The summed E-state index contributed by atoms with van der Waals surface area (Å²) in [6.07, 6.45) is 1.89. The quantitative estimate of drug-likeness (QED) is 0.559. The number of ether oxygens (including phenoxy) is 1. The molecule has 24 heavy (non-hydrogen) atoms. The summed E-state index contributed by atoms with van der Waals surface area (Å²) in [6, 6.07) is 25.9. The third-order valence-electron chi connectivity index (χ3n) is 3.79. The molecule has 1 atom stereocenters. The van der Waals surface area contributed by atoms with Crippen LogP contribution in [0.1, 0.15) is 22.7 Å². The molecule has 3 heteroatoms. The van der Waals surface area contributed by atoms with Gasteiger partial charge in [-0.25, -0.2) is 0 Å². The standard InChI is InChI=1S/C21H18ClNO/c1-24-20-13-7-16(8-14-20)15-23-21(17-5-3-2-4-6-17)18-9-11-19(22)12-10-18/h2-15,21H,1H3. The summed E-state index contributed by atoms with van der Waals surface area (Å²) < 4.78 is 5.19. The van der Waals surface area contributed by atoms with Crippen molar-refractivity contribution in [2.45, 2.75) is 6.04 Å². The molecule has 0 aliphatic carbocycles. The maximum atomic E-state index is 6.01. The zero-order chi connectivity index (χ0) is 16.8. The molecule has 0 saturated carbocycles. The van der Waals surface area contributed by atoms with Crippen LogP contribution < -0.4 is 4.74 Å². The number of hydrogen-bond acceptors (Lipinski definition) is 2. The number of aliphatic imine (C=N–C) groups is 1. The van der Waals surface area contributed by atoms with Gasteiger partial charge >= 0.3 is 0 Å². The minimum absolute atomic E-state index is 0.0643. The lowest BCUT2D eigenvalue weighted by molar-refractivity contribution is 0.415. The lowest BCUT2D eigenvalue weighted by Crippen LogP contribution is -1.99. The van der Waals surface area contributed by atoms with Gasteiger partial charge in [-0.15, -0.1) is 0 Å². The van der Waals surface area contributed by atoms with Crippen LogP contribution >= 0.6 is 11.6 Å². The molecule has 3 aromatic carbocycles. The fourth-order valence-electron chi connectivity index (χ4n) is 2.50. The molecule has 0 aliphatic rings. The molecule has 2 nitrogen and oxygen atoms in total. The monoisotopic (exact) mass is 335 g/mol. The second-order valence-corrected chi connectivity index (χ2v) is 5.85. The van der Waals surface area contributed by atoms with Gasteiger partial charge in [0, 0.05) is 11.2 Å². The number of hydrogen-bond donors (Lipinski definition) is 0. The predicted octanol–water partition coefficient (Wildman–Crippen LogP) is 5.56. The fraction of sp³-hybridized carbons (Fsp3) is 0.0952. The van der Waals surface area contributed by atoms with Crippen molar-refractivity contribution in [3.8, 4) is 5.75 Å². The average Bonchev–Trinajstić information content (AvgIpc) is 2.65. The Labute approximate surface area is 147 Å². The Hall–Kier alpha value is -2.58. The van der Waals surface area contributed by atoms with E-state index in [0.717, 1.165) is 27.5 Å². The maximum absolute atomic E-state index is 6.01. The highest BCUT2D eigenvalue weighted by molar-refractivity contribution is 6.30. The molecule has 0 aliphatic heterocycles. The average molecular weight is 336 g/mol. The fourth-order valence-corrected chi connectivity index (χ4v) is 2.62. The van der Waals surface area contributed by atoms with E-state index in [4.69, 9.17) is 21.3 Å². The van der Waals surface area contributed by atoms with E-state index < -0.39 is 0 Å². The van der Waals surface area contributed by atoms with Crippen LogP contribution in [0.25, 0.3) is 0 Å². The summed E-state index contributed by atoms with van der Waals surface area (Å²) in [5.41, 5.74) is 3.28. The number of halogens is 1. The van der Waals surface area contributed by atoms with Crippen LogP contribution in [-0.4, -0.2) is 13.3 Å². The van der Waals surface area contributed by atoms with E-state index in [1.54, 1.807) is 7.11 Å². The predicted molar refractivity (Wildman–Crippen MR) is 100 cm³/mol. The van der Waals surface area contributed by atoms with E-state index in [1.165, 1.54) is 0 Å². The van der Waals surface area contributed by atoms with Gasteiger partial charge in [-0.3, -0.25) is 4.99 Å². The van der Waals surface area contributed by atoms with Gasteiger partial charge in [-0.1, -0.05) is 54.1 Å². The van der Waals surface area contributed by atoms with Crippen molar-refractivity contribution in [2.24, 2.45) is 4.99 Å². The summed E-state index contributed by atoms with van der Waals surface area (Å²) in [5.74, 6) is 0.837. The number of rotatable bonds is 5. The van der Waals surface area contributed by atoms with E-state index in [1.807, 2.05) is 72.9 Å². The Morgan fingerprint density at radius 3 is 2.08 bits per heavy atom. The third kappa shape index (κ3) is 4.03. The zero-order valence-corrected chi connectivity index (χ0v) is 14.1. The van der Waals surface area contributed by atoms with Crippen LogP contribution in [0.5, 0.6) is 5.75 Å². The van der Waals surface area contributed by atoms with Gasteiger partial charge in [0.05, 0.1) is 13.2 Å². The van der Waals surface area contributed by atoms with E-state index in [-0.39, 0.29) is 6.04 Å². The topological polar surface area (TPSA) is 21.6 Å². The molecule has 0 heterocycles. The first kappa shape index (κ1) is 16.3. The van der Waals surface area contributed by atoms with Crippen molar-refractivity contribution in [1.82, 2.24) is 0 Å². The largest absolute Gasteiger partial charge is 0.497 e. The molecular weight excluding hydrogens is 318 g/mol. The highest BCUT2D eigenvalue weighted by Gasteiger charge is 2.11. The molecule has 0 radical (unpaired) electrons. The summed E-state index contributed by atoms with van der Waals surface area (Å²) in [7, 11) is 1.66. The van der Waals surface area contributed by atoms with Crippen molar-refractivity contribution in [1.29, 1.82) is 0 Å². The van der Waals surface area contributed by atoms with Crippen LogP contribution in [0.3, 0.4) is 0 Å². The molecule has 0 saturated heterocycles. The SMILES string of the molecule is COc1ccc(C=NC(c2ccccc2)c2ccc(Cl)cc2)cc1. The molecule has 3 aromatic rings. The van der Waals surface area contributed by atoms with Crippen molar-refractivity contribution in [2.75, 3.05) is 7.11 Å². The smallest absolute Gasteiger partial charge is 0.118 e. The Morgan fingerprint density at radius 1 is 0.833 bits per heavy atom. The molecule has 0 aromatic heterocycles.